The molecule has 0 radical (unpaired) electrons. The first-order chi connectivity index (χ1) is 8.66. The monoisotopic (exact) mass is 247 g/mol. The Balaban J connectivity index is 3.64. The zero-order valence-corrected chi connectivity index (χ0v) is 11.7. The van der Waals surface area contributed by atoms with Crippen molar-refractivity contribution in [2.45, 2.75) is 33.6 Å². The fourth-order valence-corrected chi connectivity index (χ4v) is 1.16. The molecular weight excluding hydrogens is 222 g/mol. The van der Waals surface area contributed by atoms with Crippen LogP contribution < -0.4 is 5.32 Å². The third-order valence-corrected chi connectivity index (χ3v) is 2.12. The molecule has 0 aliphatic rings. The van der Waals surface area contributed by atoms with Gasteiger partial charge in [-0.15, -0.1) is 0 Å². The predicted octanol–water partition coefficient (Wildman–Crippen LogP) is 3.78. The number of unbranched alkanes of at least 4 members (excludes halogenated alkanes) is 1. The van der Waals surface area contributed by atoms with Crippen molar-refractivity contribution in [3.05, 3.63) is 48.6 Å². The number of rotatable bonds is 8. The molecule has 0 saturated carbocycles. The van der Waals surface area contributed by atoms with Gasteiger partial charge in [0.15, 0.2) is 0 Å². The molecule has 0 spiro atoms. The summed E-state index contributed by atoms with van der Waals surface area (Å²) in [6.07, 6.45) is 17.5. The van der Waals surface area contributed by atoms with Gasteiger partial charge in [-0.25, -0.2) is 0 Å². The van der Waals surface area contributed by atoms with Gasteiger partial charge in [0.25, 0.3) is 0 Å². The van der Waals surface area contributed by atoms with E-state index in [0.717, 1.165) is 19.4 Å². The van der Waals surface area contributed by atoms with E-state index in [1.165, 1.54) is 0 Å². The number of allylic oxidation sites excluding steroid dienone is 7. The van der Waals surface area contributed by atoms with E-state index in [0.29, 0.717) is 5.92 Å². The van der Waals surface area contributed by atoms with E-state index in [2.05, 4.69) is 31.3 Å². The number of hydrogen-bond donors (Lipinski definition) is 1. The maximum Gasteiger partial charge on any atom is 0.243 e. The molecule has 18 heavy (non-hydrogen) atoms. The highest BCUT2D eigenvalue weighted by Crippen LogP contribution is 1.94. The van der Waals surface area contributed by atoms with Crippen molar-refractivity contribution < 1.29 is 4.79 Å². The molecule has 0 aliphatic carbocycles. The second-order valence-corrected chi connectivity index (χ2v) is 4.46. The lowest BCUT2D eigenvalue weighted by Crippen LogP contribution is -2.25. The molecule has 1 N–H and O–H groups in total. The van der Waals surface area contributed by atoms with Gasteiger partial charge in [-0.1, -0.05) is 56.4 Å². The van der Waals surface area contributed by atoms with Gasteiger partial charge >= 0.3 is 0 Å². The summed E-state index contributed by atoms with van der Waals surface area (Å²) in [6, 6.07) is 0. The lowest BCUT2D eigenvalue weighted by Gasteiger charge is -2.03. The summed E-state index contributed by atoms with van der Waals surface area (Å²) in [4.78, 5) is 11.3. The van der Waals surface area contributed by atoms with E-state index in [9.17, 15) is 4.79 Å². The Hall–Kier alpha value is -1.57. The molecule has 100 valence electrons. The van der Waals surface area contributed by atoms with Gasteiger partial charge in [-0.3, -0.25) is 4.79 Å². The minimum absolute atomic E-state index is 0.0265. The maximum atomic E-state index is 11.3. The Bertz CT molecular complexity index is 322. The quantitative estimate of drug-likeness (QED) is 0.395. The molecule has 0 atom stereocenters. The van der Waals surface area contributed by atoms with E-state index < -0.39 is 0 Å². The Labute approximate surface area is 111 Å². The summed E-state index contributed by atoms with van der Waals surface area (Å²) in [5.41, 5.74) is 0. The molecule has 0 aromatic heterocycles. The highest BCUT2D eigenvalue weighted by molar-refractivity contribution is 5.87. The first-order valence-electron chi connectivity index (χ1n) is 6.55. The number of carbonyl (C=O) groups is 1. The molecule has 0 unspecified atom stereocenters. The molecule has 0 fully saturated rings. The molecule has 2 heteroatoms. The minimum Gasteiger partial charge on any atom is -0.352 e. The van der Waals surface area contributed by atoms with E-state index >= 15 is 0 Å². The number of hydrogen-bond acceptors (Lipinski definition) is 1. The number of nitrogens with one attached hydrogen (secondary N) is 1. The maximum absolute atomic E-state index is 11.3. The molecule has 2 nitrogen and oxygen atoms in total. The van der Waals surface area contributed by atoms with Crippen molar-refractivity contribution in [2.24, 2.45) is 5.92 Å². The summed E-state index contributed by atoms with van der Waals surface area (Å²) in [5.74, 6) is 0.461. The summed E-state index contributed by atoms with van der Waals surface area (Å²) in [6.45, 7) is 6.87. The van der Waals surface area contributed by atoms with Gasteiger partial charge < -0.3 is 5.32 Å². The van der Waals surface area contributed by atoms with E-state index in [-0.39, 0.29) is 5.91 Å². The van der Waals surface area contributed by atoms with Gasteiger partial charge in [0, 0.05) is 12.6 Å². The van der Waals surface area contributed by atoms with Crippen molar-refractivity contribution in [3.63, 3.8) is 0 Å². The fourth-order valence-electron chi connectivity index (χ4n) is 1.16. The van der Waals surface area contributed by atoms with Crippen molar-refractivity contribution in [1.29, 1.82) is 0 Å². The summed E-state index contributed by atoms with van der Waals surface area (Å²) in [5, 5.41) is 2.83. The van der Waals surface area contributed by atoms with Crippen LogP contribution in [0.15, 0.2) is 48.6 Å². The SMILES string of the molecule is CC=C/C=C\CC/C=C/C=C/C(=O)NCC(C)C. The van der Waals surface area contributed by atoms with Crippen molar-refractivity contribution in [3.8, 4) is 0 Å². The van der Waals surface area contributed by atoms with Gasteiger partial charge in [0.2, 0.25) is 5.91 Å². The normalized spacial score (nSPS) is 12.7. The van der Waals surface area contributed by atoms with Crippen LogP contribution in [0, 0.1) is 5.92 Å². The zero-order chi connectivity index (χ0) is 13.6. The van der Waals surface area contributed by atoms with Gasteiger partial charge in [-0.2, -0.15) is 0 Å². The zero-order valence-electron chi connectivity index (χ0n) is 11.7. The number of carbonyl (C=O) groups excluding carboxylic acids is 1. The minimum atomic E-state index is -0.0265. The fraction of sp³-hybridized carbons (Fsp3) is 0.438. The first-order valence-corrected chi connectivity index (χ1v) is 6.55. The third kappa shape index (κ3) is 12.5. The molecule has 0 rings (SSSR count). The molecule has 0 aromatic carbocycles. The molecular formula is C16H25NO. The van der Waals surface area contributed by atoms with Crippen molar-refractivity contribution in [2.75, 3.05) is 6.54 Å². The largest absolute Gasteiger partial charge is 0.352 e. The van der Waals surface area contributed by atoms with E-state index in [1.54, 1.807) is 12.2 Å². The molecule has 0 aromatic rings. The Morgan fingerprint density at radius 3 is 2.22 bits per heavy atom. The second kappa shape index (κ2) is 11.9. The first kappa shape index (κ1) is 16.4. The summed E-state index contributed by atoms with van der Waals surface area (Å²) >= 11 is 0. The lowest BCUT2D eigenvalue weighted by atomic mass is 10.2. The van der Waals surface area contributed by atoms with Crippen LogP contribution in [0.25, 0.3) is 0 Å². The molecule has 0 saturated heterocycles. The van der Waals surface area contributed by atoms with Crippen LogP contribution >= 0.6 is 0 Å². The second-order valence-electron chi connectivity index (χ2n) is 4.46. The average molecular weight is 247 g/mol. The average Bonchev–Trinajstić information content (AvgIpc) is 2.34. The van der Waals surface area contributed by atoms with E-state index in [4.69, 9.17) is 0 Å². The van der Waals surface area contributed by atoms with Crippen LogP contribution in [-0.4, -0.2) is 12.5 Å². The standard InChI is InChI=1S/C16H25NO/c1-4-5-6-7-8-9-10-11-12-13-16(18)17-14-15(2)3/h4-7,10-13,15H,8-9,14H2,1-3H3,(H,17,18)/b5-4?,7-6-,11-10+,13-12+. The molecule has 1 amide bonds. The summed E-state index contributed by atoms with van der Waals surface area (Å²) < 4.78 is 0. The van der Waals surface area contributed by atoms with Gasteiger partial charge in [-0.05, 0) is 25.7 Å². The highest BCUT2D eigenvalue weighted by Gasteiger charge is 1.95. The van der Waals surface area contributed by atoms with Crippen LogP contribution in [-0.2, 0) is 4.79 Å². The van der Waals surface area contributed by atoms with Gasteiger partial charge in [0.05, 0.1) is 0 Å². The molecule has 0 heterocycles. The van der Waals surface area contributed by atoms with Gasteiger partial charge in [0.1, 0.15) is 0 Å². The lowest BCUT2D eigenvalue weighted by molar-refractivity contribution is -0.116. The van der Waals surface area contributed by atoms with Crippen molar-refractivity contribution in [1.82, 2.24) is 5.32 Å². The number of amides is 1. The third-order valence-electron chi connectivity index (χ3n) is 2.12. The topological polar surface area (TPSA) is 29.1 Å². The Kier molecular flexibility index (Phi) is 10.9. The Morgan fingerprint density at radius 1 is 1.06 bits per heavy atom. The Morgan fingerprint density at radius 2 is 1.67 bits per heavy atom. The van der Waals surface area contributed by atoms with Crippen LogP contribution in [0.3, 0.4) is 0 Å². The molecule has 0 aliphatic heterocycles. The predicted molar refractivity (Wildman–Crippen MR) is 79.3 cm³/mol. The molecule has 0 bridgehead atoms. The smallest absolute Gasteiger partial charge is 0.243 e. The highest BCUT2D eigenvalue weighted by atomic mass is 16.1. The van der Waals surface area contributed by atoms with Crippen LogP contribution in [0.1, 0.15) is 33.6 Å². The van der Waals surface area contributed by atoms with E-state index in [1.807, 2.05) is 31.2 Å². The van der Waals surface area contributed by atoms with Crippen LogP contribution in [0.4, 0.5) is 0 Å². The van der Waals surface area contributed by atoms with Crippen LogP contribution in [0.5, 0.6) is 0 Å². The summed E-state index contributed by atoms with van der Waals surface area (Å²) in [7, 11) is 0. The van der Waals surface area contributed by atoms with Crippen molar-refractivity contribution >= 4 is 5.91 Å². The van der Waals surface area contributed by atoms with Crippen LogP contribution in [0.2, 0.25) is 0 Å².